The van der Waals surface area contributed by atoms with E-state index in [1.54, 1.807) is 10.9 Å². The van der Waals surface area contributed by atoms with Crippen molar-refractivity contribution in [1.29, 1.82) is 0 Å². The number of amides is 1. The van der Waals surface area contributed by atoms with Crippen molar-refractivity contribution in [3.05, 3.63) is 16.6 Å². The number of aromatic nitrogens is 1. The third kappa shape index (κ3) is 4.55. The Kier molecular flexibility index (Phi) is 4.76. The van der Waals surface area contributed by atoms with Crippen molar-refractivity contribution < 1.29 is 14.7 Å². The van der Waals surface area contributed by atoms with Crippen LogP contribution in [0.2, 0.25) is 0 Å². The van der Waals surface area contributed by atoms with E-state index in [0.29, 0.717) is 25.1 Å². The standard InChI is InChI=1S/C9H12N2O3S/c12-8(13)3-1-2-4-10-9(14)7-5-15-6-11-7/h5-6H,1-4H2,(H,10,14)(H,12,13). The van der Waals surface area contributed by atoms with Gasteiger partial charge in [0.05, 0.1) is 5.51 Å². The summed E-state index contributed by atoms with van der Waals surface area (Å²) in [7, 11) is 0. The highest BCUT2D eigenvalue weighted by atomic mass is 32.1. The minimum absolute atomic E-state index is 0.145. The SMILES string of the molecule is O=C(O)CCCCNC(=O)c1cscn1. The summed E-state index contributed by atoms with van der Waals surface area (Å²) in [5.74, 6) is -1.01. The zero-order valence-corrected chi connectivity index (χ0v) is 8.92. The Morgan fingerprint density at radius 1 is 1.47 bits per heavy atom. The molecule has 6 heteroatoms. The Labute approximate surface area is 91.1 Å². The quantitative estimate of drug-likeness (QED) is 0.715. The van der Waals surface area contributed by atoms with Gasteiger partial charge in [-0.05, 0) is 12.8 Å². The van der Waals surface area contributed by atoms with Gasteiger partial charge in [-0.15, -0.1) is 11.3 Å². The van der Waals surface area contributed by atoms with Gasteiger partial charge < -0.3 is 10.4 Å². The number of rotatable bonds is 6. The Morgan fingerprint density at radius 3 is 2.87 bits per heavy atom. The van der Waals surface area contributed by atoms with E-state index >= 15 is 0 Å². The average Bonchev–Trinajstić information content (AvgIpc) is 2.69. The molecule has 0 aliphatic carbocycles. The van der Waals surface area contributed by atoms with E-state index in [1.165, 1.54) is 11.3 Å². The van der Waals surface area contributed by atoms with Crippen LogP contribution in [0.5, 0.6) is 0 Å². The lowest BCUT2D eigenvalue weighted by Gasteiger charge is -2.01. The fourth-order valence-corrected chi connectivity index (χ4v) is 1.55. The highest BCUT2D eigenvalue weighted by Crippen LogP contribution is 2.00. The van der Waals surface area contributed by atoms with E-state index < -0.39 is 5.97 Å². The third-order valence-electron chi connectivity index (χ3n) is 1.77. The smallest absolute Gasteiger partial charge is 0.303 e. The molecule has 1 amide bonds. The molecule has 0 aliphatic heterocycles. The molecule has 82 valence electrons. The van der Waals surface area contributed by atoms with Gasteiger partial charge >= 0.3 is 5.97 Å². The lowest BCUT2D eigenvalue weighted by Crippen LogP contribution is -2.24. The minimum Gasteiger partial charge on any atom is -0.481 e. The number of thiazole rings is 1. The number of carbonyl (C=O) groups excluding carboxylic acids is 1. The lowest BCUT2D eigenvalue weighted by atomic mass is 10.2. The maximum Gasteiger partial charge on any atom is 0.303 e. The van der Waals surface area contributed by atoms with Crippen LogP contribution < -0.4 is 5.32 Å². The average molecular weight is 228 g/mol. The van der Waals surface area contributed by atoms with Crippen LogP contribution in [0, 0.1) is 0 Å². The predicted octanol–water partition coefficient (Wildman–Crippen LogP) is 1.13. The first kappa shape index (κ1) is 11.6. The minimum atomic E-state index is -0.805. The van der Waals surface area contributed by atoms with Crippen LogP contribution in [0.15, 0.2) is 10.9 Å². The molecule has 0 saturated heterocycles. The first-order valence-corrected chi connectivity index (χ1v) is 5.52. The van der Waals surface area contributed by atoms with E-state index in [1.807, 2.05) is 0 Å². The molecule has 5 nitrogen and oxygen atoms in total. The van der Waals surface area contributed by atoms with Gasteiger partial charge in [0.15, 0.2) is 0 Å². The summed E-state index contributed by atoms with van der Waals surface area (Å²) >= 11 is 1.37. The van der Waals surface area contributed by atoms with Gasteiger partial charge in [-0.3, -0.25) is 9.59 Å². The molecule has 1 aromatic heterocycles. The molecule has 0 spiro atoms. The predicted molar refractivity (Wildman–Crippen MR) is 55.9 cm³/mol. The van der Waals surface area contributed by atoms with Crippen LogP contribution in [-0.2, 0) is 4.79 Å². The van der Waals surface area contributed by atoms with Crippen LogP contribution in [0.3, 0.4) is 0 Å². The van der Waals surface area contributed by atoms with Gasteiger partial charge in [-0.2, -0.15) is 0 Å². The number of carbonyl (C=O) groups is 2. The Hall–Kier alpha value is -1.43. The second-order valence-electron chi connectivity index (χ2n) is 2.98. The van der Waals surface area contributed by atoms with Gasteiger partial charge in [-0.1, -0.05) is 0 Å². The van der Waals surface area contributed by atoms with E-state index in [0.717, 1.165) is 0 Å². The van der Waals surface area contributed by atoms with E-state index in [9.17, 15) is 9.59 Å². The van der Waals surface area contributed by atoms with Crippen molar-refractivity contribution in [1.82, 2.24) is 10.3 Å². The van der Waals surface area contributed by atoms with Crippen LogP contribution in [0.4, 0.5) is 0 Å². The number of carboxylic acid groups (broad SMARTS) is 1. The molecular weight excluding hydrogens is 216 g/mol. The van der Waals surface area contributed by atoms with Crippen molar-refractivity contribution in [3.8, 4) is 0 Å². The summed E-state index contributed by atoms with van der Waals surface area (Å²) in [6, 6.07) is 0. The molecule has 1 rings (SSSR count). The second kappa shape index (κ2) is 6.13. The maximum absolute atomic E-state index is 11.3. The summed E-state index contributed by atoms with van der Waals surface area (Å²) in [4.78, 5) is 25.4. The number of nitrogens with one attached hydrogen (secondary N) is 1. The number of unbranched alkanes of at least 4 members (excludes halogenated alkanes) is 1. The summed E-state index contributed by atoms with van der Waals surface area (Å²) < 4.78 is 0. The van der Waals surface area contributed by atoms with Crippen LogP contribution in [0.25, 0.3) is 0 Å². The summed E-state index contributed by atoms with van der Waals surface area (Å²) in [5.41, 5.74) is 2.01. The lowest BCUT2D eigenvalue weighted by molar-refractivity contribution is -0.137. The molecule has 2 N–H and O–H groups in total. The number of carboxylic acids is 1. The van der Waals surface area contributed by atoms with Gasteiger partial charge in [-0.25, -0.2) is 4.98 Å². The van der Waals surface area contributed by atoms with Crippen molar-refractivity contribution >= 4 is 23.2 Å². The second-order valence-corrected chi connectivity index (χ2v) is 3.70. The number of aliphatic carboxylic acids is 1. The molecule has 1 heterocycles. The Bertz CT molecular complexity index is 324. The van der Waals surface area contributed by atoms with E-state index in [2.05, 4.69) is 10.3 Å². The number of hydrogen-bond acceptors (Lipinski definition) is 4. The third-order valence-corrected chi connectivity index (χ3v) is 2.35. The number of hydrogen-bond donors (Lipinski definition) is 2. The summed E-state index contributed by atoms with van der Waals surface area (Å²) in [5, 5.41) is 12.7. The molecule has 0 aliphatic rings. The monoisotopic (exact) mass is 228 g/mol. The molecule has 0 atom stereocenters. The summed E-state index contributed by atoms with van der Waals surface area (Å²) in [6.07, 6.45) is 1.39. The van der Waals surface area contributed by atoms with Gasteiger partial charge in [0, 0.05) is 18.3 Å². The Morgan fingerprint density at radius 2 is 2.27 bits per heavy atom. The first-order valence-electron chi connectivity index (χ1n) is 4.58. The zero-order valence-electron chi connectivity index (χ0n) is 8.10. The van der Waals surface area contributed by atoms with Crippen molar-refractivity contribution in [2.24, 2.45) is 0 Å². The number of nitrogens with zero attached hydrogens (tertiary/aromatic N) is 1. The van der Waals surface area contributed by atoms with Crippen molar-refractivity contribution in [2.45, 2.75) is 19.3 Å². The highest BCUT2D eigenvalue weighted by Gasteiger charge is 2.05. The fourth-order valence-electron chi connectivity index (χ4n) is 1.02. The normalized spacial score (nSPS) is 9.87. The highest BCUT2D eigenvalue weighted by molar-refractivity contribution is 7.07. The summed E-state index contributed by atoms with van der Waals surface area (Å²) in [6.45, 7) is 0.490. The molecule has 0 bridgehead atoms. The molecule has 0 saturated carbocycles. The van der Waals surface area contributed by atoms with Crippen LogP contribution in [-0.4, -0.2) is 28.5 Å². The Balaban J connectivity index is 2.10. The molecule has 15 heavy (non-hydrogen) atoms. The molecular formula is C9H12N2O3S. The van der Waals surface area contributed by atoms with Gasteiger partial charge in [0.25, 0.3) is 5.91 Å². The maximum atomic E-state index is 11.3. The topological polar surface area (TPSA) is 79.3 Å². The first-order chi connectivity index (χ1) is 7.20. The van der Waals surface area contributed by atoms with Gasteiger partial charge in [0.1, 0.15) is 5.69 Å². The molecule has 0 radical (unpaired) electrons. The van der Waals surface area contributed by atoms with Gasteiger partial charge in [0.2, 0.25) is 0 Å². The molecule has 0 fully saturated rings. The zero-order chi connectivity index (χ0) is 11.1. The van der Waals surface area contributed by atoms with Crippen LogP contribution in [0.1, 0.15) is 29.8 Å². The molecule has 0 unspecified atom stereocenters. The van der Waals surface area contributed by atoms with Crippen molar-refractivity contribution in [3.63, 3.8) is 0 Å². The fraction of sp³-hybridized carbons (Fsp3) is 0.444. The molecule has 1 aromatic rings. The largest absolute Gasteiger partial charge is 0.481 e. The molecule has 0 aromatic carbocycles. The van der Waals surface area contributed by atoms with E-state index in [4.69, 9.17) is 5.11 Å². The van der Waals surface area contributed by atoms with Crippen LogP contribution >= 0.6 is 11.3 Å². The van der Waals surface area contributed by atoms with E-state index in [-0.39, 0.29) is 12.3 Å². The van der Waals surface area contributed by atoms with Crippen molar-refractivity contribution in [2.75, 3.05) is 6.54 Å².